The first kappa shape index (κ1) is 18.5. The fourth-order valence-corrected chi connectivity index (χ4v) is 3.77. The van der Waals surface area contributed by atoms with Gasteiger partial charge in [-0.15, -0.1) is 0 Å². The minimum absolute atomic E-state index is 0.416. The van der Waals surface area contributed by atoms with Gasteiger partial charge in [-0.3, -0.25) is 9.89 Å². The molecule has 0 radical (unpaired) electrons. The summed E-state index contributed by atoms with van der Waals surface area (Å²) in [7, 11) is 3.67. The molecule has 134 valence electrons. The van der Waals surface area contributed by atoms with Crippen LogP contribution in [0.3, 0.4) is 0 Å². The van der Waals surface area contributed by atoms with Crippen molar-refractivity contribution >= 4 is 5.96 Å². The number of ether oxygens (including phenoxy) is 1. The van der Waals surface area contributed by atoms with Crippen molar-refractivity contribution in [2.45, 2.75) is 58.5 Å². The predicted octanol–water partition coefficient (Wildman–Crippen LogP) is 2.09. The summed E-state index contributed by atoms with van der Waals surface area (Å²) in [5.74, 6) is 1.61. The second-order valence-electron chi connectivity index (χ2n) is 7.80. The van der Waals surface area contributed by atoms with E-state index >= 15 is 0 Å². The maximum absolute atomic E-state index is 5.28. The van der Waals surface area contributed by atoms with Gasteiger partial charge in [0.15, 0.2) is 5.96 Å². The summed E-state index contributed by atoms with van der Waals surface area (Å²) in [5, 5.41) is 7.22. The molecule has 0 aromatic carbocycles. The van der Waals surface area contributed by atoms with Gasteiger partial charge in [0.1, 0.15) is 0 Å². The summed E-state index contributed by atoms with van der Waals surface area (Å²) >= 11 is 0. The molecule has 1 saturated carbocycles. The number of nitrogens with zero attached hydrogens (tertiary/aromatic N) is 2. The van der Waals surface area contributed by atoms with E-state index in [0.717, 1.165) is 32.1 Å². The van der Waals surface area contributed by atoms with E-state index in [4.69, 9.17) is 4.74 Å². The molecule has 23 heavy (non-hydrogen) atoms. The molecule has 5 nitrogen and oxygen atoms in total. The van der Waals surface area contributed by atoms with Crippen LogP contribution in [0.25, 0.3) is 0 Å². The van der Waals surface area contributed by atoms with Gasteiger partial charge in [0.25, 0.3) is 0 Å². The second-order valence-corrected chi connectivity index (χ2v) is 7.80. The SMILES string of the molecule is CN=C(NCC1(CCOC)CCC1)NC1CN(C(C)C)CC1C. The molecule has 2 rings (SSSR count). The average Bonchev–Trinajstić information content (AvgIpc) is 2.85. The number of guanidine groups is 1. The van der Waals surface area contributed by atoms with Crippen LogP contribution in [0.15, 0.2) is 4.99 Å². The van der Waals surface area contributed by atoms with Crippen LogP contribution in [0.4, 0.5) is 0 Å². The summed E-state index contributed by atoms with van der Waals surface area (Å²) < 4.78 is 5.28. The Kier molecular flexibility index (Phi) is 6.72. The molecule has 2 N–H and O–H groups in total. The van der Waals surface area contributed by atoms with Gasteiger partial charge in [0.05, 0.1) is 0 Å². The Balaban J connectivity index is 1.82. The summed E-state index contributed by atoms with van der Waals surface area (Å²) in [6.45, 7) is 11.0. The summed E-state index contributed by atoms with van der Waals surface area (Å²) in [6, 6.07) is 1.10. The van der Waals surface area contributed by atoms with Crippen molar-refractivity contribution in [3.8, 4) is 0 Å². The minimum atomic E-state index is 0.416. The normalized spacial score (nSPS) is 28.0. The van der Waals surface area contributed by atoms with Crippen molar-refractivity contribution in [2.75, 3.05) is 40.4 Å². The highest BCUT2D eigenvalue weighted by Gasteiger charge is 2.37. The van der Waals surface area contributed by atoms with Crippen LogP contribution in [0, 0.1) is 11.3 Å². The van der Waals surface area contributed by atoms with Crippen LogP contribution in [0.2, 0.25) is 0 Å². The van der Waals surface area contributed by atoms with Gasteiger partial charge in [-0.25, -0.2) is 0 Å². The standard InChI is InChI=1S/C18H36N4O/c1-14(2)22-11-15(3)16(12-22)21-17(19-4)20-13-18(7-6-8-18)9-10-23-5/h14-16H,6-13H2,1-5H3,(H2,19,20,21). The van der Waals surface area contributed by atoms with Gasteiger partial charge in [0, 0.05) is 52.5 Å². The number of hydrogen-bond donors (Lipinski definition) is 2. The van der Waals surface area contributed by atoms with E-state index in [9.17, 15) is 0 Å². The number of hydrogen-bond acceptors (Lipinski definition) is 3. The fourth-order valence-electron chi connectivity index (χ4n) is 3.77. The molecule has 1 saturated heterocycles. The lowest BCUT2D eigenvalue weighted by atomic mass is 9.67. The van der Waals surface area contributed by atoms with Crippen LogP contribution >= 0.6 is 0 Å². The molecule has 1 aliphatic heterocycles. The van der Waals surface area contributed by atoms with Gasteiger partial charge in [0.2, 0.25) is 0 Å². The third-order valence-corrected chi connectivity index (χ3v) is 5.80. The van der Waals surface area contributed by atoms with Crippen molar-refractivity contribution in [1.82, 2.24) is 15.5 Å². The molecule has 2 aliphatic rings. The van der Waals surface area contributed by atoms with Crippen LogP contribution in [-0.2, 0) is 4.74 Å². The largest absolute Gasteiger partial charge is 0.385 e. The van der Waals surface area contributed by atoms with Gasteiger partial charge in [-0.1, -0.05) is 13.3 Å². The first-order valence-corrected chi connectivity index (χ1v) is 9.20. The van der Waals surface area contributed by atoms with Crippen LogP contribution in [0.1, 0.15) is 46.5 Å². The lowest BCUT2D eigenvalue weighted by Gasteiger charge is -2.42. The smallest absolute Gasteiger partial charge is 0.191 e. The summed E-state index contributed by atoms with van der Waals surface area (Å²) in [6.07, 6.45) is 5.11. The minimum Gasteiger partial charge on any atom is -0.385 e. The van der Waals surface area contributed by atoms with Crippen molar-refractivity contribution in [3.63, 3.8) is 0 Å². The van der Waals surface area contributed by atoms with Crippen molar-refractivity contribution in [3.05, 3.63) is 0 Å². The lowest BCUT2D eigenvalue weighted by molar-refractivity contribution is 0.0732. The Morgan fingerprint density at radius 3 is 2.57 bits per heavy atom. The zero-order valence-corrected chi connectivity index (χ0v) is 15.7. The van der Waals surface area contributed by atoms with E-state index in [1.165, 1.54) is 25.8 Å². The van der Waals surface area contributed by atoms with Crippen molar-refractivity contribution in [2.24, 2.45) is 16.3 Å². The molecule has 5 heteroatoms. The fraction of sp³-hybridized carbons (Fsp3) is 0.944. The highest BCUT2D eigenvalue weighted by molar-refractivity contribution is 5.80. The first-order chi connectivity index (χ1) is 11.0. The molecule has 1 heterocycles. The Labute approximate surface area is 142 Å². The quantitative estimate of drug-likeness (QED) is 0.556. The topological polar surface area (TPSA) is 48.9 Å². The highest BCUT2D eigenvalue weighted by Crippen LogP contribution is 2.43. The lowest BCUT2D eigenvalue weighted by Crippen LogP contribution is -2.51. The Hall–Kier alpha value is -0.810. The molecule has 1 aliphatic carbocycles. The second kappa shape index (κ2) is 8.34. The van der Waals surface area contributed by atoms with Gasteiger partial charge in [-0.2, -0.15) is 0 Å². The number of rotatable bonds is 7. The Morgan fingerprint density at radius 1 is 1.35 bits per heavy atom. The van der Waals surface area contributed by atoms with Crippen molar-refractivity contribution in [1.29, 1.82) is 0 Å². The van der Waals surface area contributed by atoms with Gasteiger partial charge >= 0.3 is 0 Å². The molecular formula is C18H36N4O. The van der Waals surface area contributed by atoms with Crippen molar-refractivity contribution < 1.29 is 4.74 Å². The third-order valence-electron chi connectivity index (χ3n) is 5.80. The molecule has 0 spiro atoms. The van der Waals surface area contributed by atoms with E-state index in [1.54, 1.807) is 7.11 Å². The average molecular weight is 325 g/mol. The monoisotopic (exact) mass is 324 g/mol. The van der Waals surface area contributed by atoms with Gasteiger partial charge in [-0.05, 0) is 44.4 Å². The Bertz CT molecular complexity index is 392. The first-order valence-electron chi connectivity index (χ1n) is 9.20. The molecule has 2 unspecified atom stereocenters. The van der Waals surface area contributed by atoms with E-state index in [0.29, 0.717) is 23.4 Å². The highest BCUT2D eigenvalue weighted by atomic mass is 16.5. The van der Waals surface area contributed by atoms with E-state index < -0.39 is 0 Å². The maximum atomic E-state index is 5.28. The molecule has 2 atom stereocenters. The van der Waals surface area contributed by atoms with E-state index in [-0.39, 0.29) is 0 Å². The molecule has 0 aromatic heterocycles. The molecule has 0 bridgehead atoms. The third kappa shape index (κ3) is 4.83. The molecule has 2 fully saturated rings. The van der Waals surface area contributed by atoms with Crippen LogP contribution < -0.4 is 10.6 Å². The summed E-state index contributed by atoms with van der Waals surface area (Å²) in [4.78, 5) is 6.99. The number of aliphatic imine (C=N–C) groups is 1. The molecule has 0 aromatic rings. The van der Waals surface area contributed by atoms with Crippen LogP contribution in [0.5, 0.6) is 0 Å². The molecule has 0 amide bonds. The zero-order chi connectivity index (χ0) is 16.9. The van der Waals surface area contributed by atoms with Crippen LogP contribution in [-0.4, -0.2) is 63.3 Å². The number of likely N-dealkylation sites (tertiary alicyclic amines) is 1. The Morgan fingerprint density at radius 2 is 2.09 bits per heavy atom. The van der Waals surface area contributed by atoms with E-state index in [2.05, 4.69) is 41.3 Å². The molecular weight excluding hydrogens is 288 g/mol. The van der Waals surface area contributed by atoms with Gasteiger partial charge < -0.3 is 15.4 Å². The van der Waals surface area contributed by atoms with E-state index in [1.807, 2.05) is 7.05 Å². The summed E-state index contributed by atoms with van der Waals surface area (Å²) in [5.41, 5.74) is 0.416. The maximum Gasteiger partial charge on any atom is 0.191 e. The number of methoxy groups -OCH3 is 1. The predicted molar refractivity (Wildman–Crippen MR) is 96.9 cm³/mol. The number of nitrogens with one attached hydrogen (secondary N) is 2. The zero-order valence-electron chi connectivity index (χ0n) is 15.7.